The van der Waals surface area contributed by atoms with Crippen molar-refractivity contribution in [2.24, 2.45) is 0 Å². The van der Waals surface area contributed by atoms with Crippen molar-refractivity contribution >= 4 is 11.4 Å². The Morgan fingerprint density at radius 2 is 2.07 bits per heavy atom. The minimum atomic E-state index is -3.25. The topological polar surface area (TPSA) is 58.3 Å². The standard InChI is InChI=1S/C9H11F3N2O/c10-6-2-1-3-7(8(6)13)14-4-9(11,12)5-15/h1-3,14-15H,4-5,13H2. The summed E-state index contributed by atoms with van der Waals surface area (Å²) in [7, 11) is 0. The molecule has 0 aliphatic carbocycles. The van der Waals surface area contributed by atoms with Gasteiger partial charge in [-0.05, 0) is 12.1 Å². The van der Waals surface area contributed by atoms with Gasteiger partial charge >= 0.3 is 0 Å². The number of alkyl halides is 2. The minimum absolute atomic E-state index is 0.0862. The van der Waals surface area contributed by atoms with Crippen LogP contribution in [-0.2, 0) is 0 Å². The molecule has 0 aromatic heterocycles. The van der Waals surface area contributed by atoms with Gasteiger partial charge in [0.15, 0.2) is 0 Å². The van der Waals surface area contributed by atoms with E-state index in [1.807, 2.05) is 0 Å². The lowest BCUT2D eigenvalue weighted by Crippen LogP contribution is -2.31. The first-order chi connectivity index (χ1) is 6.96. The van der Waals surface area contributed by atoms with E-state index >= 15 is 0 Å². The van der Waals surface area contributed by atoms with Crippen molar-refractivity contribution in [3.05, 3.63) is 24.0 Å². The van der Waals surface area contributed by atoms with Crippen LogP contribution in [-0.4, -0.2) is 24.2 Å². The maximum Gasteiger partial charge on any atom is 0.287 e. The molecule has 0 bridgehead atoms. The molecule has 84 valence electrons. The second-order valence-electron chi connectivity index (χ2n) is 3.07. The fourth-order valence-electron chi connectivity index (χ4n) is 0.972. The van der Waals surface area contributed by atoms with E-state index in [9.17, 15) is 13.2 Å². The zero-order valence-electron chi connectivity index (χ0n) is 7.80. The van der Waals surface area contributed by atoms with Crippen molar-refractivity contribution in [1.29, 1.82) is 0 Å². The van der Waals surface area contributed by atoms with Crippen molar-refractivity contribution < 1.29 is 18.3 Å². The van der Waals surface area contributed by atoms with Gasteiger partial charge < -0.3 is 16.2 Å². The van der Waals surface area contributed by atoms with Crippen LogP contribution in [0.25, 0.3) is 0 Å². The molecule has 0 atom stereocenters. The largest absolute Gasteiger partial charge is 0.395 e. The Morgan fingerprint density at radius 1 is 1.40 bits per heavy atom. The lowest BCUT2D eigenvalue weighted by Gasteiger charge is -2.16. The van der Waals surface area contributed by atoms with E-state index in [0.29, 0.717) is 0 Å². The maximum absolute atomic E-state index is 12.9. The summed E-state index contributed by atoms with van der Waals surface area (Å²) >= 11 is 0. The number of halogens is 3. The van der Waals surface area contributed by atoms with E-state index in [1.54, 1.807) is 0 Å². The SMILES string of the molecule is Nc1c(F)cccc1NCC(F)(F)CO. The summed E-state index contributed by atoms with van der Waals surface area (Å²) in [4.78, 5) is 0. The second-order valence-corrected chi connectivity index (χ2v) is 3.07. The van der Waals surface area contributed by atoms with Crippen LogP contribution in [0.3, 0.4) is 0 Å². The first kappa shape index (κ1) is 11.6. The average molecular weight is 220 g/mol. The van der Waals surface area contributed by atoms with Crippen LogP contribution >= 0.6 is 0 Å². The van der Waals surface area contributed by atoms with Crippen LogP contribution in [0.4, 0.5) is 24.5 Å². The van der Waals surface area contributed by atoms with Crippen LogP contribution in [0.15, 0.2) is 18.2 Å². The molecule has 1 rings (SSSR count). The third kappa shape index (κ3) is 3.02. The molecule has 6 heteroatoms. The lowest BCUT2D eigenvalue weighted by atomic mass is 10.2. The van der Waals surface area contributed by atoms with E-state index in [0.717, 1.165) is 6.07 Å². The Hall–Kier alpha value is -1.43. The number of hydrogen-bond donors (Lipinski definition) is 3. The molecule has 0 amide bonds. The number of nitrogen functional groups attached to an aromatic ring is 1. The van der Waals surface area contributed by atoms with Gasteiger partial charge in [0.05, 0.1) is 17.9 Å². The summed E-state index contributed by atoms with van der Waals surface area (Å²) < 4.78 is 38.1. The molecule has 0 spiro atoms. The Kier molecular flexibility index (Phi) is 3.41. The van der Waals surface area contributed by atoms with Gasteiger partial charge in [-0.2, -0.15) is 0 Å². The quantitative estimate of drug-likeness (QED) is 0.673. The summed E-state index contributed by atoms with van der Waals surface area (Å²) in [6.45, 7) is -2.06. The normalized spacial score (nSPS) is 11.5. The highest BCUT2D eigenvalue weighted by molar-refractivity contribution is 5.66. The van der Waals surface area contributed by atoms with Crippen molar-refractivity contribution in [3.63, 3.8) is 0 Å². The Bertz CT molecular complexity index is 344. The Labute approximate surface area is 84.7 Å². The summed E-state index contributed by atoms with van der Waals surface area (Å²) in [5, 5.41) is 10.6. The van der Waals surface area contributed by atoms with Gasteiger partial charge in [0.25, 0.3) is 5.92 Å². The van der Waals surface area contributed by atoms with Crippen molar-refractivity contribution in [2.75, 3.05) is 24.2 Å². The molecule has 4 N–H and O–H groups in total. The molecule has 0 heterocycles. The number of benzene rings is 1. The predicted octanol–water partition coefficient (Wildman–Crippen LogP) is 1.45. The number of hydrogen-bond acceptors (Lipinski definition) is 3. The fraction of sp³-hybridized carbons (Fsp3) is 0.333. The molecule has 0 aliphatic rings. The van der Waals surface area contributed by atoms with Crippen molar-refractivity contribution in [3.8, 4) is 0 Å². The molecular weight excluding hydrogens is 209 g/mol. The highest BCUT2D eigenvalue weighted by atomic mass is 19.3. The lowest BCUT2D eigenvalue weighted by molar-refractivity contribution is -0.0372. The molecule has 1 aromatic carbocycles. The monoisotopic (exact) mass is 220 g/mol. The van der Waals surface area contributed by atoms with Gasteiger partial charge in [0.2, 0.25) is 0 Å². The first-order valence-electron chi connectivity index (χ1n) is 4.23. The maximum atomic E-state index is 12.9. The molecule has 0 fully saturated rings. The number of aliphatic hydroxyl groups excluding tert-OH is 1. The summed E-state index contributed by atoms with van der Waals surface area (Å²) in [6, 6.07) is 3.86. The first-order valence-corrected chi connectivity index (χ1v) is 4.23. The molecule has 0 aliphatic heterocycles. The minimum Gasteiger partial charge on any atom is -0.395 e. The van der Waals surface area contributed by atoms with Gasteiger partial charge in [0, 0.05) is 0 Å². The Morgan fingerprint density at radius 3 is 2.67 bits per heavy atom. The van der Waals surface area contributed by atoms with E-state index < -0.39 is 24.9 Å². The molecule has 3 nitrogen and oxygen atoms in total. The van der Waals surface area contributed by atoms with Gasteiger partial charge in [-0.25, -0.2) is 13.2 Å². The molecule has 0 unspecified atom stereocenters. The number of nitrogens with two attached hydrogens (primary N) is 1. The number of aliphatic hydroxyl groups is 1. The highest BCUT2D eigenvalue weighted by Crippen LogP contribution is 2.22. The van der Waals surface area contributed by atoms with Gasteiger partial charge in [-0.1, -0.05) is 6.07 Å². The van der Waals surface area contributed by atoms with Crippen LogP contribution in [0.2, 0.25) is 0 Å². The summed E-state index contributed by atoms with van der Waals surface area (Å²) in [5.74, 6) is -3.93. The van der Waals surface area contributed by atoms with Crippen molar-refractivity contribution in [1.82, 2.24) is 0 Å². The van der Waals surface area contributed by atoms with Crippen LogP contribution in [0.1, 0.15) is 0 Å². The number of anilines is 2. The molecule has 0 saturated carbocycles. The summed E-state index contributed by atoms with van der Waals surface area (Å²) in [6.07, 6.45) is 0. The number of para-hydroxylation sites is 1. The van der Waals surface area contributed by atoms with Crippen molar-refractivity contribution in [2.45, 2.75) is 5.92 Å². The third-order valence-corrected chi connectivity index (χ3v) is 1.82. The number of nitrogens with one attached hydrogen (secondary N) is 1. The predicted molar refractivity (Wildman–Crippen MR) is 51.3 cm³/mol. The van der Waals surface area contributed by atoms with E-state index in [2.05, 4.69) is 5.32 Å². The third-order valence-electron chi connectivity index (χ3n) is 1.82. The van der Waals surface area contributed by atoms with Crippen LogP contribution in [0, 0.1) is 5.82 Å². The Balaban J connectivity index is 2.70. The number of rotatable bonds is 4. The van der Waals surface area contributed by atoms with Crippen LogP contribution in [0.5, 0.6) is 0 Å². The van der Waals surface area contributed by atoms with Gasteiger partial charge in [-0.3, -0.25) is 0 Å². The summed E-state index contributed by atoms with van der Waals surface area (Å²) in [5.41, 5.74) is 5.18. The zero-order valence-corrected chi connectivity index (χ0v) is 7.80. The second kappa shape index (κ2) is 4.39. The molecule has 1 aromatic rings. The molecule has 0 saturated heterocycles. The van der Waals surface area contributed by atoms with E-state index in [-0.39, 0.29) is 11.4 Å². The molecule has 15 heavy (non-hydrogen) atoms. The zero-order chi connectivity index (χ0) is 11.5. The molecular formula is C9H11F3N2O. The average Bonchev–Trinajstić information content (AvgIpc) is 2.20. The highest BCUT2D eigenvalue weighted by Gasteiger charge is 2.27. The van der Waals surface area contributed by atoms with Gasteiger partial charge in [-0.15, -0.1) is 0 Å². The molecule has 0 radical (unpaired) electrons. The fourth-order valence-corrected chi connectivity index (χ4v) is 0.972. The van der Waals surface area contributed by atoms with E-state index in [4.69, 9.17) is 10.8 Å². The smallest absolute Gasteiger partial charge is 0.287 e. The van der Waals surface area contributed by atoms with Crippen LogP contribution < -0.4 is 11.1 Å². The van der Waals surface area contributed by atoms with Gasteiger partial charge in [0.1, 0.15) is 12.4 Å². The van der Waals surface area contributed by atoms with E-state index in [1.165, 1.54) is 12.1 Å².